The van der Waals surface area contributed by atoms with Crippen LogP contribution in [0.5, 0.6) is 0 Å². The highest BCUT2D eigenvalue weighted by Gasteiger charge is 2.26. The average Bonchev–Trinajstić information content (AvgIpc) is 3.14. The first-order valence-electron chi connectivity index (χ1n) is 7.82. The second-order valence-corrected chi connectivity index (χ2v) is 6.70. The molecule has 118 valence electrons. The van der Waals surface area contributed by atoms with Crippen molar-refractivity contribution in [3.05, 3.63) is 34.0 Å². The molecule has 0 spiro atoms. The van der Waals surface area contributed by atoms with E-state index in [1.54, 1.807) is 11.3 Å². The van der Waals surface area contributed by atoms with Gasteiger partial charge in [0.05, 0.1) is 6.04 Å². The highest BCUT2D eigenvalue weighted by molar-refractivity contribution is 7.07. The zero-order valence-electron chi connectivity index (χ0n) is 13.2. The number of carbonyl (C=O) groups excluding carboxylic acids is 1. The number of hydrogen-bond donors (Lipinski definition) is 0. The van der Waals surface area contributed by atoms with Crippen molar-refractivity contribution >= 4 is 17.2 Å². The number of aromatic nitrogens is 3. The van der Waals surface area contributed by atoms with E-state index in [0.717, 1.165) is 44.0 Å². The molecule has 1 amide bonds. The van der Waals surface area contributed by atoms with Gasteiger partial charge in [0.15, 0.2) is 0 Å². The fourth-order valence-corrected chi connectivity index (χ4v) is 3.81. The molecule has 0 aromatic carbocycles. The van der Waals surface area contributed by atoms with Crippen molar-refractivity contribution in [1.82, 2.24) is 19.7 Å². The lowest BCUT2D eigenvalue weighted by atomic mass is 10.0. The number of thiophene rings is 1. The first-order chi connectivity index (χ1) is 10.6. The molecular weight excluding hydrogens is 296 g/mol. The van der Waals surface area contributed by atoms with Crippen LogP contribution in [0, 0.1) is 13.8 Å². The van der Waals surface area contributed by atoms with Gasteiger partial charge in [0.25, 0.3) is 0 Å². The Hall–Kier alpha value is -1.69. The van der Waals surface area contributed by atoms with Crippen LogP contribution in [0.15, 0.2) is 16.8 Å². The van der Waals surface area contributed by atoms with E-state index in [1.807, 2.05) is 23.4 Å². The summed E-state index contributed by atoms with van der Waals surface area (Å²) in [4.78, 5) is 18.8. The number of aryl methyl sites for hydroxylation is 3. The number of amides is 1. The van der Waals surface area contributed by atoms with Gasteiger partial charge in [0, 0.05) is 19.5 Å². The van der Waals surface area contributed by atoms with Crippen molar-refractivity contribution in [3.63, 3.8) is 0 Å². The first kappa shape index (κ1) is 15.2. The summed E-state index contributed by atoms with van der Waals surface area (Å²) in [5, 5.41) is 8.66. The third-order valence-electron chi connectivity index (χ3n) is 4.21. The van der Waals surface area contributed by atoms with Gasteiger partial charge in [-0.15, -0.1) is 0 Å². The molecule has 1 aliphatic rings. The molecule has 2 aromatic heterocycles. The number of hydrogen-bond acceptors (Lipinski definition) is 4. The Kier molecular flexibility index (Phi) is 4.57. The van der Waals surface area contributed by atoms with Gasteiger partial charge >= 0.3 is 0 Å². The molecule has 1 fully saturated rings. The lowest BCUT2D eigenvalue weighted by molar-refractivity contribution is -0.132. The predicted molar refractivity (Wildman–Crippen MR) is 87.0 cm³/mol. The van der Waals surface area contributed by atoms with Crippen molar-refractivity contribution < 1.29 is 4.79 Å². The molecule has 1 saturated heterocycles. The van der Waals surface area contributed by atoms with Crippen LogP contribution in [0.25, 0.3) is 0 Å². The third kappa shape index (κ3) is 3.38. The monoisotopic (exact) mass is 318 g/mol. The van der Waals surface area contributed by atoms with Crippen molar-refractivity contribution in [2.45, 2.75) is 45.6 Å². The second kappa shape index (κ2) is 6.60. The van der Waals surface area contributed by atoms with Gasteiger partial charge < -0.3 is 4.90 Å². The van der Waals surface area contributed by atoms with Crippen LogP contribution in [0.4, 0.5) is 0 Å². The molecule has 0 bridgehead atoms. The molecule has 5 nitrogen and oxygen atoms in total. The molecule has 1 aliphatic heterocycles. The van der Waals surface area contributed by atoms with Gasteiger partial charge in [-0.2, -0.15) is 16.4 Å². The maximum Gasteiger partial charge on any atom is 0.222 e. The minimum absolute atomic E-state index is 0.255. The average molecular weight is 318 g/mol. The fraction of sp³-hybridized carbons (Fsp3) is 0.562. The third-order valence-corrected chi connectivity index (χ3v) is 4.94. The molecule has 2 aromatic rings. The Morgan fingerprint density at radius 1 is 1.45 bits per heavy atom. The molecule has 0 N–H and O–H groups in total. The van der Waals surface area contributed by atoms with E-state index >= 15 is 0 Å². The molecule has 3 rings (SSSR count). The summed E-state index contributed by atoms with van der Waals surface area (Å²) >= 11 is 1.68. The summed E-state index contributed by atoms with van der Waals surface area (Å²) in [6.45, 7) is 5.52. The summed E-state index contributed by atoms with van der Waals surface area (Å²) in [5.41, 5.74) is 1.26. The van der Waals surface area contributed by atoms with Crippen molar-refractivity contribution in [3.8, 4) is 0 Å². The summed E-state index contributed by atoms with van der Waals surface area (Å²) in [5.74, 6) is 2.00. The molecule has 6 heteroatoms. The number of nitrogens with zero attached hydrogens (tertiary/aromatic N) is 4. The summed E-state index contributed by atoms with van der Waals surface area (Å²) < 4.78 is 1.99. The predicted octanol–water partition coefficient (Wildman–Crippen LogP) is 2.75. The molecule has 0 radical (unpaired) electrons. The van der Waals surface area contributed by atoms with Gasteiger partial charge in [-0.1, -0.05) is 0 Å². The van der Waals surface area contributed by atoms with Crippen LogP contribution in [0.3, 0.4) is 0 Å². The van der Waals surface area contributed by atoms with Gasteiger partial charge in [-0.25, -0.2) is 9.67 Å². The summed E-state index contributed by atoms with van der Waals surface area (Å²) in [6.07, 6.45) is 3.54. The highest BCUT2D eigenvalue weighted by atomic mass is 32.1. The second-order valence-electron chi connectivity index (χ2n) is 5.92. The van der Waals surface area contributed by atoms with Crippen molar-refractivity contribution in [2.24, 2.45) is 0 Å². The Labute approximate surface area is 135 Å². The van der Waals surface area contributed by atoms with E-state index in [4.69, 9.17) is 0 Å². The zero-order chi connectivity index (χ0) is 15.5. The van der Waals surface area contributed by atoms with Gasteiger partial charge in [-0.05, 0) is 55.5 Å². The topological polar surface area (TPSA) is 51.0 Å². The van der Waals surface area contributed by atoms with Crippen LogP contribution in [-0.2, 0) is 11.2 Å². The molecule has 22 heavy (non-hydrogen) atoms. The lowest BCUT2D eigenvalue weighted by Gasteiger charge is -2.33. The Morgan fingerprint density at radius 3 is 3.00 bits per heavy atom. The lowest BCUT2D eigenvalue weighted by Crippen LogP contribution is -2.41. The fourth-order valence-electron chi connectivity index (χ4n) is 3.11. The van der Waals surface area contributed by atoms with Crippen LogP contribution in [0.1, 0.15) is 42.5 Å². The van der Waals surface area contributed by atoms with Gasteiger partial charge in [0.1, 0.15) is 11.6 Å². The van der Waals surface area contributed by atoms with Crippen LogP contribution >= 0.6 is 11.3 Å². The number of carbonyl (C=O) groups is 1. The van der Waals surface area contributed by atoms with E-state index in [0.29, 0.717) is 6.42 Å². The van der Waals surface area contributed by atoms with Gasteiger partial charge in [0.2, 0.25) is 5.91 Å². The quantitative estimate of drug-likeness (QED) is 0.871. The van der Waals surface area contributed by atoms with E-state index < -0.39 is 0 Å². The maximum atomic E-state index is 12.4. The molecule has 1 unspecified atom stereocenters. The standard InChI is InChI=1S/C16H22N4OS/c1-12-17-13(2)20(18-12)15-4-3-8-19(10-15)16(21)6-5-14-7-9-22-11-14/h7,9,11,15H,3-6,8,10H2,1-2H3. The molecular formula is C16H22N4OS. The Bertz CT molecular complexity index is 635. The van der Waals surface area contributed by atoms with Crippen LogP contribution < -0.4 is 0 Å². The van der Waals surface area contributed by atoms with E-state index in [9.17, 15) is 4.79 Å². The van der Waals surface area contributed by atoms with Crippen LogP contribution in [0.2, 0.25) is 0 Å². The minimum atomic E-state index is 0.255. The maximum absolute atomic E-state index is 12.4. The summed E-state index contributed by atoms with van der Waals surface area (Å²) in [6, 6.07) is 2.36. The molecule has 0 aliphatic carbocycles. The number of rotatable bonds is 4. The summed E-state index contributed by atoms with van der Waals surface area (Å²) in [7, 11) is 0. The Morgan fingerprint density at radius 2 is 2.32 bits per heavy atom. The highest BCUT2D eigenvalue weighted by Crippen LogP contribution is 2.23. The SMILES string of the molecule is Cc1nc(C)n(C2CCCN(C(=O)CCc3ccsc3)C2)n1. The zero-order valence-corrected chi connectivity index (χ0v) is 14.0. The van der Waals surface area contributed by atoms with Crippen molar-refractivity contribution in [2.75, 3.05) is 13.1 Å². The number of likely N-dealkylation sites (tertiary alicyclic amines) is 1. The van der Waals surface area contributed by atoms with E-state index in [2.05, 4.69) is 26.9 Å². The largest absolute Gasteiger partial charge is 0.341 e. The number of piperidine rings is 1. The first-order valence-corrected chi connectivity index (χ1v) is 8.76. The van der Waals surface area contributed by atoms with E-state index in [-0.39, 0.29) is 11.9 Å². The van der Waals surface area contributed by atoms with Crippen molar-refractivity contribution in [1.29, 1.82) is 0 Å². The normalized spacial score (nSPS) is 18.6. The smallest absolute Gasteiger partial charge is 0.222 e. The molecule has 0 saturated carbocycles. The van der Waals surface area contributed by atoms with Gasteiger partial charge in [-0.3, -0.25) is 4.79 Å². The molecule has 3 heterocycles. The minimum Gasteiger partial charge on any atom is -0.341 e. The molecule has 1 atom stereocenters. The van der Waals surface area contributed by atoms with E-state index in [1.165, 1.54) is 5.56 Å². The van der Waals surface area contributed by atoms with Crippen LogP contribution in [-0.4, -0.2) is 38.7 Å². The Balaban J connectivity index is 1.60.